The van der Waals surface area contributed by atoms with Gasteiger partial charge < -0.3 is 4.90 Å². The van der Waals surface area contributed by atoms with Gasteiger partial charge in [-0.2, -0.15) is 0 Å². The minimum absolute atomic E-state index is 0.495. The summed E-state index contributed by atoms with van der Waals surface area (Å²) in [5.74, 6) is 0.495. The van der Waals surface area contributed by atoms with Gasteiger partial charge in [-0.3, -0.25) is 0 Å². The van der Waals surface area contributed by atoms with Gasteiger partial charge in [0.15, 0.2) is 0 Å². The van der Waals surface area contributed by atoms with Gasteiger partial charge in [-0.05, 0) is 68.1 Å². The maximum Gasteiger partial charge on any atom is 0.0248 e. The van der Waals surface area contributed by atoms with Crippen LogP contribution in [-0.2, 0) is 6.42 Å². The average molecular weight is 293 g/mol. The minimum atomic E-state index is 0.495. The van der Waals surface area contributed by atoms with Crippen molar-refractivity contribution < 1.29 is 0 Å². The van der Waals surface area contributed by atoms with Crippen molar-refractivity contribution in [2.45, 2.75) is 45.6 Å². The molecule has 0 saturated carbocycles. The van der Waals surface area contributed by atoms with Crippen LogP contribution in [0.15, 0.2) is 42.5 Å². The number of hydrogen-bond acceptors (Lipinski definition) is 1. The number of rotatable bonds is 3. The molecule has 0 bridgehead atoms. The molecule has 0 fully saturated rings. The van der Waals surface area contributed by atoms with E-state index >= 15 is 0 Å². The summed E-state index contributed by atoms with van der Waals surface area (Å²) in [7, 11) is 2.27. The van der Waals surface area contributed by atoms with Crippen LogP contribution >= 0.6 is 0 Å². The van der Waals surface area contributed by atoms with Crippen LogP contribution in [0.25, 0.3) is 0 Å². The quantitative estimate of drug-likeness (QED) is 0.792. The van der Waals surface area contributed by atoms with E-state index in [1.165, 1.54) is 40.7 Å². The van der Waals surface area contributed by atoms with E-state index in [9.17, 15) is 0 Å². The molecular weight excluding hydrogens is 266 g/mol. The van der Waals surface area contributed by atoms with E-state index in [1.54, 1.807) is 0 Å². The van der Waals surface area contributed by atoms with Gasteiger partial charge in [-0.25, -0.2) is 0 Å². The van der Waals surface area contributed by atoms with Gasteiger partial charge in [0.05, 0.1) is 0 Å². The summed E-state index contributed by atoms with van der Waals surface area (Å²) >= 11 is 0. The maximum absolute atomic E-state index is 2.52. The molecule has 0 aliphatic heterocycles. The van der Waals surface area contributed by atoms with Crippen molar-refractivity contribution in [3.05, 3.63) is 70.3 Å². The number of fused-ring (bicyclic) bond motifs is 1. The van der Waals surface area contributed by atoms with Crippen LogP contribution in [0.5, 0.6) is 0 Å². The lowest BCUT2D eigenvalue weighted by atomic mass is 9.74. The highest BCUT2D eigenvalue weighted by molar-refractivity contribution is 5.44. The molecule has 22 heavy (non-hydrogen) atoms. The first kappa shape index (κ1) is 15.3. The van der Waals surface area contributed by atoms with E-state index in [2.05, 4.69) is 75.2 Å². The molecule has 0 aromatic heterocycles. The van der Waals surface area contributed by atoms with E-state index in [1.807, 2.05) is 0 Å². The fourth-order valence-electron chi connectivity index (χ4n) is 3.81. The standard InChI is InChI=1S/C21H27N/c1-5-22(4)20-13-12-17-8-6-7-9-19(17)21(20)18-11-10-15(2)16(3)14-18/h6-11,14,20-21H,5,12-13H2,1-4H3. The Morgan fingerprint density at radius 2 is 1.82 bits per heavy atom. The number of likely N-dealkylation sites (N-methyl/N-ethyl adjacent to an activating group) is 1. The van der Waals surface area contributed by atoms with Gasteiger partial charge in [0, 0.05) is 12.0 Å². The molecule has 0 amide bonds. The highest BCUT2D eigenvalue weighted by Gasteiger charge is 2.32. The molecule has 116 valence electrons. The van der Waals surface area contributed by atoms with E-state index in [-0.39, 0.29) is 0 Å². The van der Waals surface area contributed by atoms with Crippen LogP contribution in [0.2, 0.25) is 0 Å². The van der Waals surface area contributed by atoms with Crippen LogP contribution in [0.3, 0.4) is 0 Å². The third-order valence-corrected chi connectivity index (χ3v) is 5.44. The summed E-state index contributed by atoms with van der Waals surface area (Å²) in [4.78, 5) is 2.52. The van der Waals surface area contributed by atoms with E-state index in [0.29, 0.717) is 12.0 Å². The van der Waals surface area contributed by atoms with Crippen LogP contribution in [0, 0.1) is 13.8 Å². The summed E-state index contributed by atoms with van der Waals surface area (Å²) in [5.41, 5.74) is 7.32. The Morgan fingerprint density at radius 1 is 1.05 bits per heavy atom. The van der Waals surface area contributed by atoms with Crippen LogP contribution in [0.1, 0.15) is 47.1 Å². The van der Waals surface area contributed by atoms with Gasteiger partial charge in [-0.1, -0.05) is 49.4 Å². The Labute approximate surface area is 135 Å². The second-order valence-corrected chi connectivity index (χ2v) is 6.70. The average Bonchev–Trinajstić information content (AvgIpc) is 2.55. The lowest BCUT2D eigenvalue weighted by Crippen LogP contribution is -2.40. The molecule has 0 spiro atoms. The van der Waals surface area contributed by atoms with Gasteiger partial charge >= 0.3 is 0 Å². The van der Waals surface area contributed by atoms with Crippen molar-refractivity contribution in [1.29, 1.82) is 0 Å². The summed E-state index contributed by atoms with van der Waals surface area (Å²) in [6, 6.07) is 16.6. The summed E-state index contributed by atoms with van der Waals surface area (Å²) in [5, 5.41) is 0. The molecule has 2 unspecified atom stereocenters. The highest BCUT2D eigenvalue weighted by Crippen LogP contribution is 2.39. The Bertz CT molecular complexity index is 659. The van der Waals surface area contributed by atoms with Crippen molar-refractivity contribution in [2.75, 3.05) is 13.6 Å². The van der Waals surface area contributed by atoms with Crippen molar-refractivity contribution in [3.8, 4) is 0 Å². The second kappa shape index (κ2) is 6.26. The largest absolute Gasteiger partial charge is 0.303 e. The molecule has 1 heteroatoms. The van der Waals surface area contributed by atoms with Crippen LogP contribution < -0.4 is 0 Å². The lowest BCUT2D eigenvalue weighted by Gasteiger charge is -2.39. The minimum Gasteiger partial charge on any atom is -0.303 e. The smallest absolute Gasteiger partial charge is 0.0248 e. The van der Waals surface area contributed by atoms with Gasteiger partial charge in [0.25, 0.3) is 0 Å². The van der Waals surface area contributed by atoms with Crippen molar-refractivity contribution in [1.82, 2.24) is 4.90 Å². The van der Waals surface area contributed by atoms with E-state index < -0.39 is 0 Å². The molecule has 2 aromatic rings. The molecule has 0 saturated heterocycles. The number of nitrogens with zero attached hydrogens (tertiary/aromatic N) is 1. The van der Waals surface area contributed by atoms with Crippen molar-refractivity contribution in [3.63, 3.8) is 0 Å². The Balaban J connectivity index is 2.10. The first-order valence-corrected chi connectivity index (χ1v) is 8.47. The SMILES string of the molecule is CCN(C)C1CCc2ccccc2C1c1ccc(C)c(C)c1. The number of hydrogen-bond donors (Lipinski definition) is 0. The fourth-order valence-corrected chi connectivity index (χ4v) is 3.81. The molecule has 0 N–H and O–H groups in total. The first-order chi connectivity index (χ1) is 10.6. The molecule has 2 atom stereocenters. The van der Waals surface area contributed by atoms with Gasteiger partial charge in [-0.15, -0.1) is 0 Å². The highest BCUT2D eigenvalue weighted by atomic mass is 15.1. The van der Waals surface area contributed by atoms with Gasteiger partial charge in [0.1, 0.15) is 0 Å². The van der Waals surface area contributed by atoms with Crippen molar-refractivity contribution in [2.24, 2.45) is 0 Å². The first-order valence-electron chi connectivity index (χ1n) is 8.47. The van der Waals surface area contributed by atoms with E-state index in [0.717, 1.165) is 6.54 Å². The predicted octanol–water partition coefficient (Wildman–Crippen LogP) is 4.70. The summed E-state index contributed by atoms with van der Waals surface area (Å²) in [6.07, 6.45) is 2.45. The number of aryl methyl sites for hydroxylation is 3. The zero-order chi connectivity index (χ0) is 15.7. The molecule has 0 radical (unpaired) electrons. The predicted molar refractivity (Wildman–Crippen MR) is 94.6 cm³/mol. The number of benzene rings is 2. The Morgan fingerprint density at radius 3 is 2.55 bits per heavy atom. The maximum atomic E-state index is 2.52. The summed E-state index contributed by atoms with van der Waals surface area (Å²) < 4.78 is 0. The molecular formula is C21H27N. The van der Waals surface area contributed by atoms with Gasteiger partial charge in [0.2, 0.25) is 0 Å². The van der Waals surface area contributed by atoms with Crippen LogP contribution in [-0.4, -0.2) is 24.5 Å². The Kier molecular flexibility index (Phi) is 4.35. The lowest BCUT2D eigenvalue weighted by molar-refractivity contribution is 0.213. The monoisotopic (exact) mass is 293 g/mol. The van der Waals surface area contributed by atoms with Crippen LogP contribution in [0.4, 0.5) is 0 Å². The molecule has 3 rings (SSSR count). The molecule has 0 heterocycles. The molecule has 1 aliphatic rings. The zero-order valence-corrected chi connectivity index (χ0v) is 14.3. The molecule has 2 aromatic carbocycles. The third-order valence-electron chi connectivity index (χ3n) is 5.44. The van der Waals surface area contributed by atoms with Crippen molar-refractivity contribution >= 4 is 0 Å². The summed E-state index contributed by atoms with van der Waals surface area (Å²) in [6.45, 7) is 7.79. The topological polar surface area (TPSA) is 3.24 Å². The van der Waals surface area contributed by atoms with E-state index in [4.69, 9.17) is 0 Å². The third kappa shape index (κ3) is 2.70. The fraction of sp³-hybridized carbons (Fsp3) is 0.429. The Hall–Kier alpha value is -1.60. The molecule has 1 aliphatic carbocycles. The second-order valence-electron chi connectivity index (χ2n) is 6.70. The molecule has 1 nitrogen and oxygen atoms in total. The normalized spacial score (nSPS) is 21.0. The zero-order valence-electron chi connectivity index (χ0n) is 14.3.